The zero-order valence-corrected chi connectivity index (χ0v) is 9.48. The van der Waals surface area contributed by atoms with E-state index in [-0.39, 0.29) is 25.4 Å². The van der Waals surface area contributed by atoms with E-state index >= 15 is 0 Å². The molecule has 94 valence electrons. The van der Waals surface area contributed by atoms with Crippen molar-refractivity contribution in [2.75, 3.05) is 13.2 Å². The molecule has 0 saturated carbocycles. The number of carboxylic acids is 1. The molecule has 0 radical (unpaired) electrons. The molecule has 0 fully saturated rings. The first-order valence-corrected chi connectivity index (χ1v) is 5.65. The summed E-state index contributed by atoms with van der Waals surface area (Å²) in [4.78, 5) is 21.2. The number of esters is 1. The van der Waals surface area contributed by atoms with Gasteiger partial charge in [0.2, 0.25) is 0 Å². The lowest BCUT2D eigenvalue weighted by Gasteiger charge is -2.03. The Morgan fingerprint density at radius 2 is 1.62 bits per heavy atom. The molecule has 16 heavy (non-hydrogen) atoms. The standard InChI is InChI=1S/C11H20O5/c12-8-3-1-2-4-9-16-11(15)7-5-6-10(13)14/h12H,1-9H2,(H,13,14). The first-order valence-electron chi connectivity index (χ1n) is 5.65. The summed E-state index contributed by atoms with van der Waals surface area (Å²) in [5.74, 6) is -1.22. The van der Waals surface area contributed by atoms with Gasteiger partial charge in [-0.2, -0.15) is 0 Å². The van der Waals surface area contributed by atoms with Crippen LogP contribution in [-0.4, -0.2) is 35.4 Å². The monoisotopic (exact) mass is 232 g/mol. The number of unbranched alkanes of at least 4 members (excludes halogenated alkanes) is 3. The van der Waals surface area contributed by atoms with E-state index in [1.165, 1.54) is 0 Å². The van der Waals surface area contributed by atoms with Crippen LogP contribution in [0.2, 0.25) is 0 Å². The van der Waals surface area contributed by atoms with Crippen LogP contribution in [-0.2, 0) is 14.3 Å². The molecule has 0 saturated heterocycles. The van der Waals surface area contributed by atoms with Gasteiger partial charge in [-0.3, -0.25) is 9.59 Å². The summed E-state index contributed by atoms with van der Waals surface area (Å²) < 4.78 is 4.91. The SMILES string of the molecule is O=C(O)CCCC(=O)OCCCCCCO. The summed E-state index contributed by atoms with van der Waals surface area (Å²) >= 11 is 0. The number of rotatable bonds is 10. The second-order valence-electron chi connectivity index (χ2n) is 3.61. The van der Waals surface area contributed by atoms with Gasteiger partial charge in [0.25, 0.3) is 0 Å². The molecule has 0 aromatic rings. The summed E-state index contributed by atoms with van der Waals surface area (Å²) in [5, 5.41) is 16.9. The van der Waals surface area contributed by atoms with Crippen molar-refractivity contribution in [1.82, 2.24) is 0 Å². The van der Waals surface area contributed by atoms with Crippen molar-refractivity contribution < 1.29 is 24.5 Å². The van der Waals surface area contributed by atoms with Crippen molar-refractivity contribution >= 4 is 11.9 Å². The Morgan fingerprint density at radius 3 is 2.25 bits per heavy atom. The van der Waals surface area contributed by atoms with Gasteiger partial charge in [-0.15, -0.1) is 0 Å². The predicted octanol–water partition coefficient (Wildman–Crippen LogP) is 1.34. The molecular weight excluding hydrogens is 212 g/mol. The third-order valence-corrected chi connectivity index (χ3v) is 2.09. The number of carbonyl (C=O) groups is 2. The Hall–Kier alpha value is -1.10. The van der Waals surface area contributed by atoms with Crippen LogP contribution in [0.25, 0.3) is 0 Å². The number of aliphatic carboxylic acids is 1. The van der Waals surface area contributed by atoms with Gasteiger partial charge < -0.3 is 14.9 Å². The molecule has 0 spiro atoms. The minimum absolute atomic E-state index is 0.00556. The van der Waals surface area contributed by atoms with Gasteiger partial charge in [0.15, 0.2) is 0 Å². The second kappa shape index (κ2) is 10.4. The largest absolute Gasteiger partial charge is 0.481 e. The summed E-state index contributed by atoms with van der Waals surface area (Å²) in [6.07, 6.45) is 3.96. The number of aliphatic hydroxyl groups is 1. The van der Waals surface area contributed by atoms with Gasteiger partial charge in [0.05, 0.1) is 6.61 Å². The van der Waals surface area contributed by atoms with Gasteiger partial charge in [0.1, 0.15) is 0 Å². The number of ether oxygens (including phenoxy) is 1. The Morgan fingerprint density at radius 1 is 0.938 bits per heavy atom. The molecule has 0 amide bonds. The summed E-state index contributed by atoms with van der Waals surface area (Å²) in [7, 11) is 0. The van der Waals surface area contributed by atoms with Crippen molar-refractivity contribution in [3.05, 3.63) is 0 Å². The van der Waals surface area contributed by atoms with E-state index in [1.807, 2.05) is 0 Å². The van der Waals surface area contributed by atoms with Crippen LogP contribution in [0.3, 0.4) is 0 Å². The van der Waals surface area contributed by atoms with E-state index in [0.717, 1.165) is 25.7 Å². The maximum Gasteiger partial charge on any atom is 0.305 e. The topological polar surface area (TPSA) is 83.8 Å². The van der Waals surface area contributed by atoms with Gasteiger partial charge in [-0.1, -0.05) is 6.42 Å². The van der Waals surface area contributed by atoms with Crippen molar-refractivity contribution in [1.29, 1.82) is 0 Å². The zero-order valence-electron chi connectivity index (χ0n) is 9.48. The molecule has 0 aromatic carbocycles. The van der Waals surface area contributed by atoms with Crippen LogP contribution in [0.4, 0.5) is 0 Å². The van der Waals surface area contributed by atoms with Crippen molar-refractivity contribution in [3.8, 4) is 0 Å². The lowest BCUT2D eigenvalue weighted by atomic mass is 10.2. The highest BCUT2D eigenvalue weighted by Crippen LogP contribution is 2.02. The van der Waals surface area contributed by atoms with Crippen molar-refractivity contribution in [3.63, 3.8) is 0 Å². The molecule has 0 aliphatic carbocycles. The first-order chi connectivity index (χ1) is 7.66. The summed E-state index contributed by atoms with van der Waals surface area (Å²) in [5.41, 5.74) is 0. The Bertz CT molecular complexity index is 203. The molecule has 0 aliphatic rings. The molecular formula is C11H20O5. The molecule has 5 nitrogen and oxygen atoms in total. The zero-order chi connectivity index (χ0) is 12.2. The van der Waals surface area contributed by atoms with E-state index in [1.54, 1.807) is 0 Å². The number of hydrogen-bond donors (Lipinski definition) is 2. The summed E-state index contributed by atoms with van der Waals surface area (Å²) in [6.45, 7) is 0.590. The molecule has 0 aliphatic heterocycles. The fraction of sp³-hybridized carbons (Fsp3) is 0.818. The minimum atomic E-state index is -0.892. The van der Waals surface area contributed by atoms with E-state index in [0.29, 0.717) is 13.0 Å². The number of hydrogen-bond acceptors (Lipinski definition) is 4. The average molecular weight is 232 g/mol. The Labute approximate surface area is 95.4 Å². The molecule has 2 N–H and O–H groups in total. The van der Waals surface area contributed by atoms with Crippen LogP contribution < -0.4 is 0 Å². The van der Waals surface area contributed by atoms with Gasteiger partial charge in [0, 0.05) is 19.4 Å². The fourth-order valence-electron chi connectivity index (χ4n) is 1.21. The van der Waals surface area contributed by atoms with Crippen LogP contribution >= 0.6 is 0 Å². The number of aliphatic hydroxyl groups excluding tert-OH is 1. The highest BCUT2D eigenvalue weighted by molar-refractivity contribution is 5.71. The van der Waals surface area contributed by atoms with E-state index in [9.17, 15) is 9.59 Å². The third-order valence-electron chi connectivity index (χ3n) is 2.09. The highest BCUT2D eigenvalue weighted by atomic mass is 16.5. The third kappa shape index (κ3) is 11.0. The average Bonchev–Trinajstić information content (AvgIpc) is 2.22. The molecule has 0 bridgehead atoms. The fourth-order valence-corrected chi connectivity index (χ4v) is 1.21. The molecule has 0 rings (SSSR count). The lowest BCUT2D eigenvalue weighted by molar-refractivity contribution is -0.144. The number of carboxylic acid groups (broad SMARTS) is 1. The van der Waals surface area contributed by atoms with Crippen LogP contribution in [0.5, 0.6) is 0 Å². The molecule has 5 heteroatoms. The van der Waals surface area contributed by atoms with Crippen molar-refractivity contribution in [2.45, 2.75) is 44.9 Å². The Balaban J connectivity index is 3.20. The maximum absolute atomic E-state index is 11.1. The molecule has 0 atom stereocenters. The smallest absolute Gasteiger partial charge is 0.305 e. The van der Waals surface area contributed by atoms with Crippen LogP contribution in [0.1, 0.15) is 44.9 Å². The summed E-state index contributed by atoms with van der Waals surface area (Å²) in [6, 6.07) is 0. The van der Waals surface area contributed by atoms with Crippen LogP contribution in [0, 0.1) is 0 Å². The minimum Gasteiger partial charge on any atom is -0.481 e. The Kier molecular flexibility index (Phi) is 9.70. The lowest BCUT2D eigenvalue weighted by Crippen LogP contribution is -2.06. The highest BCUT2D eigenvalue weighted by Gasteiger charge is 2.04. The maximum atomic E-state index is 11.1. The van der Waals surface area contributed by atoms with Gasteiger partial charge >= 0.3 is 11.9 Å². The van der Waals surface area contributed by atoms with Crippen molar-refractivity contribution in [2.24, 2.45) is 0 Å². The molecule has 0 unspecified atom stereocenters. The molecule has 0 heterocycles. The normalized spacial score (nSPS) is 10.1. The van der Waals surface area contributed by atoms with E-state index in [4.69, 9.17) is 14.9 Å². The predicted molar refractivity (Wildman–Crippen MR) is 58.0 cm³/mol. The van der Waals surface area contributed by atoms with Crippen LogP contribution in [0.15, 0.2) is 0 Å². The molecule has 0 aromatic heterocycles. The second-order valence-corrected chi connectivity index (χ2v) is 3.61. The van der Waals surface area contributed by atoms with E-state index in [2.05, 4.69) is 0 Å². The van der Waals surface area contributed by atoms with Gasteiger partial charge in [-0.05, 0) is 25.7 Å². The quantitative estimate of drug-likeness (QED) is 0.438. The van der Waals surface area contributed by atoms with Gasteiger partial charge in [-0.25, -0.2) is 0 Å². The first kappa shape index (κ1) is 14.9. The number of carbonyl (C=O) groups excluding carboxylic acids is 1. The van der Waals surface area contributed by atoms with E-state index < -0.39 is 5.97 Å².